The lowest BCUT2D eigenvalue weighted by Gasteiger charge is -2.18. The van der Waals surface area contributed by atoms with Crippen LogP contribution in [0.4, 0.5) is 0 Å². The zero-order chi connectivity index (χ0) is 13.8. The van der Waals surface area contributed by atoms with Crippen molar-refractivity contribution in [1.82, 2.24) is 4.90 Å². The summed E-state index contributed by atoms with van der Waals surface area (Å²) in [6, 6.07) is 14.8. The van der Waals surface area contributed by atoms with Crippen molar-refractivity contribution < 1.29 is 4.79 Å². The largest absolute Gasteiger partial charge is 0.337 e. The van der Waals surface area contributed by atoms with E-state index in [4.69, 9.17) is 23.2 Å². The molecule has 2 nitrogen and oxygen atoms in total. The number of rotatable bonds is 3. The first-order valence-electron chi connectivity index (χ1n) is 5.83. The highest BCUT2D eigenvalue weighted by Crippen LogP contribution is 2.25. The van der Waals surface area contributed by atoms with E-state index in [0.717, 1.165) is 5.56 Å². The summed E-state index contributed by atoms with van der Waals surface area (Å²) in [6.45, 7) is 0.515. The third-order valence-corrected chi connectivity index (χ3v) is 3.42. The number of benzene rings is 2. The molecular formula is C15H13Cl2NO. The van der Waals surface area contributed by atoms with Gasteiger partial charge in [-0.3, -0.25) is 4.79 Å². The predicted molar refractivity (Wildman–Crippen MR) is 78.7 cm³/mol. The second-order valence-corrected chi connectivity index (χ2v) is 5.06. The molecule has 4 heteroatoms. The number of carbonyl (C=O) groups is 1. The summed E-state index contributed by atoms with van der Waals surface area (Å²) in [6.07, 6.45) is 0. The average Bonchev–Trinajstić information content (AvgIpc) is 2.39. The summed E-state index contributed by atoms with van der Waals surface area (Å²) >= 11 is 12.1. The Balaban J connectivity index is 2.20. The topological polar surface area (TPSA) is 20.3 Å². The molecule has 0 fully saturated rings. The van der Waals surface area contributed by atoms with Crippen LogP contribution >= 0.6 is 23.2 Å². The maximum Gasteiger partial charge on any atom is 0.256 e. The SMILES string of the molecule is CN(Cc1ccccc1)C(=O)c1c(Cl)cccc1Cl. The molecule has 2 rings (SSSR count). The molecule has 0 saturated heterocycles. The molecule has 2 aromatic carbocycles. The third-order valence-electron chi connectivity index (χ3n) is 2.79. The number of hydrogen-bond donors (Lipinski definition) is 0. The molecule has 1 amide bonds. The highest BCUT2D eigenvalue weighted by atomic mass is 35.5. The summed E-state index contributed by atoms with van der Waals surface area (Å²) in [5.41, 5.74) is 1.41. The minimum Gasteiger partial charge on any atom is -0.337 e. The normalized spacial score (nSPS) is 10.3. The molecule has 2 aromatic rings. The lowest BCUT2D eigenvalue weighted by molar-refractivity contribution is 0.0785. The van der Waals surface area contributed by atoms with Gasteiger partial charge in [0.1, 0.15) is 0 Å². The van der Waals surface area contributed by atoms with E-state index in [1.807, 2.05) is 30.3 Å². The van der Waals surface area contributed by atoms with Gasteiger partial charge in [-0.25, -0.2) is 0 Å². The molecule has 0 aliphatic rings. The van der Waals surface area contributed by atoms with E-state index in [1.165, 1.54) is 0 Å². The molecule has 0 aliphatic carbocycles. The summed E-state index contributed by atoms with van der Waals surface area (Å²) in [7, 11) is 1.73. The van der Waals surface area contributed by atoms with Crippen LogP contribution in [0.15, 0.2) is 48.5 Å². The zero-order valence-electron chi connectivity index (χ0n) is 10.4. The summed E-state index contributed by atoms with van der Waals surface area (Å²) in [4.78, 5) is 13.9. The maximum absolute atomic E-state index is 12.3. The van der Waals surface area contributed by atoms with Crippen molar-refractivity contribution in [2.24, 2.45) is 0 Å². The van der Waals surface area contributed by atoms with Crippen LogP contribution in [0.25, 0.3) is 0 Å². The average molecular weight is 294 g/mol. The molecule has 0 saturated carbocycles. The first-order chi connectivity index (χ1) is 9.09. The lowest BCUT2D eigenvalue weighted by Crippen LogP contribution is -2.26. The van der Waals surface area contributed by atoms with Gasteiger partial charge in [0, 0.05) is 13.6 Å². The molecule has 98 valence electrons. The second kappa shape index (κ2) is 6.09. The monoisotopic (exact) mass is 293 g/mol. The Morgan fingerprint density at radius 1 is 1.00 bits per heavy atom. The minimum absolute atomic E-state index is 0.181. The van der Waals surface area contributed by atoms with Crippen LogP contribution in [0.3, 0.4) is 0 Å². The molecule has 0 heterocycles. The molecule has 0 aliphatic heterocycles. The smallest absolute Gasteiger partial charge is 0.256 e. The van der Waals surface area contributed by atoms with Crippen molar-refractivity contribution in [3.63, 3.8) is 0 Å². The Morgan fingerprint density at radius 3 is 2.16 bits per heavy atom. The van der Waals surface area contributed by atoms with E-state index in [2.05, 4.69) is 0 Å². The van der Waals surface area contributed by atoms with E-state index in [-0.39, 0.29) is 5.91 Å². The van der Waals surface area contributed by atoms with Crippen molar-refractivity contribution in [1.29, 1.82) is 0 Å². The number of halogens is 2. The van der Waals surface area contributed by atoms with E-state index in [9.17, 15) is 4.79 Å². The fourth-order valence-electron chi connectivity index (χ4n) is 1.82. The highest BCUT2D eigenvalue weighted by Gasteiger charge is 2.18. The quantitative estimate of drug-likeness (QED) is 0.828. The third kappa shape index (κ3) is 3.28. The van der Waals surface area contributed by atoms with Crippen LogP contribution in [0, 0.1) is 0 Å². The molecular weight excluding hydrogens is 281 g/mol. The van der Waals surface area contributed by atoms with Crippen LogP contribution in [0.2, 0.25) is 10.0 Å². The van der Waals surface area contributed by atoms with Gasteiger partial charge in [0.2, 0.25) is 0 Å². The van der Waals surface area contributed by atoms with Crippen molar-refractivity contribution in [3.05, 3.63) is 69.7 Å². The Labute approximate surface area is 122 Å². The fourth-order valence-corrected chi connectivity index (χ4v) is 2.38. The van der Waals surface area contributed by atoms with Crippen LogP contribution in [-0.2, 0) is 6.54 Å². The zero-order valence-corrected chi connectivity index (χ0v) is 11.9. The van der Waals surface area contributed by atoms with Crippen LogP contribution < -0.4 is 0 Å². The standard InChI is InChI=1S/C15H13Cl2NO/c1-18(10-11-6-3-2-4-7-11)15(19)14-12(16)8-5-9-13(14)17/h2-9H,10H2,1H3. The fraction of sp³-hybridized carbons (Fsp3) is 0.133. The van der Waals surface area contributed by atoms with Crippen LogP contribution in [0.5, 0.6) is 0 Å². The molecule has 0 spiro atoms. The van der Waals surface area contributed by atoms with Crippen molar-refractivity contribution in [2.45, 2.75) is 6.54 Å². The summed E-state index contributed by atoms with van der Waals surface area (Å²) in [5, 5.41) is 0.745. The molecule has 0 N–H and O–H groups in total. The summed E-state index contributed by atoms with van der Waals surface area (Å²) in [5.74, 6) is -0.181. The minimum atomic E-state index is -0.181. The number of hydrogen-bond acceptors (Lipinski definition) is 1. The Hall–Kier alpha value is -1.51. The number of nitrogens with zero attached hydrogens (tertiary/aromatic N) is 1. The Kier molecular flexibility index (Phi) is 4.46. The van der Waals surface area contributed by atoms with Crippen LogP contribution in [0.1, 0.15) is 15.9 Å². The van der Waals surface area contributed by atoms with Gasteiger partial charge in [0.15, 0.2) is 0 Å². The van der Waals surface area contributed by atoms with E-state index in [1.54, 1.807) is 30.1 Å². The summed E-state index contributed by atoms with van der Waals surface area (Å²) < 4.78 is 0. The van der Waals surface area contributed by atoms with Gasteiger partial charge >= 0.3 is 0 Å². The van der Waals surface area contributed by atoms with Gasteiger partial charge in [0.25, 0.3) is 5.91 Å². The van der Waals surface area contributed by atoms with Crippen molar-refractivity contribution in [3.8, 4) is 0 Å². The van der Waals surface area contributed by atoms with Gasteiger partial charge in [-0.15, -0.1) is 0 Å². The predicted octanol–water partition coefficient (Wildman–Crippen LogP) is 4.27. The number of carbonyl (C=O) groups excluding carboxylic acids is 1. The van der Waals surface area contributed by atoms with Gasteiger partial charge in [-0.2, -0.15) is 0 Å². The number of amides is 1. The van der Waals surface area contributed by atoms with Crippen molar-refractivity contribution >= 4 is 29.1 Å². The molecule has 0 radical (unpaired) electrons. The molecule has 0 atom stereocenters. The van der Waals surface area contributed by atoms with E-state index < -0.39 is 0 Å². The van der Waals surface area contributed by atoms with E-state index in [0.29, 0.717) is 22.2 Å². The Bertz CT molecular complexity index is 564. The van der Waals surface area contributed by atoms with Gasteiger partial charge in [0.05, 0.1) is 15.6 Å². The Morgan fingerprint density at radius 2 is 1.58 bits per heavy atom. The molecule has 0 aromatic heterocycles. The first kappa shape index (κ1) is 13.9. The molecule has 0 unspecified atom stereocenters. The molecule has 19 heavy (non-hydrogen) atoms. The maximum atomic E-state index is 12.3. The highest BCUT2D eigenvalue weighted by molar-refractivity contribution is 6.39. The lowest BCUT2D eigenvalue weighted by atomic mass is 10.1. The van der Waals surface area contributed by atoms with Gasteiger partial charge in [-0.1, -0.05) is 59.6 Å². The van der Waals surface area contributed by atoms with Crippen molar-refractivity contribution in [2.75, 3.05) is 7.05 Å². The first-order valence-corrected chi connectivity index (χ1v) is 6.58. The second-order valence-electron chi connectivity index (χ2n) is 4.24. The van der Waals surface area contributed by atoms with Gasteiger partial charge in [-0.05, 0) is 17.7 Å². The molecule has 0 bridgehead atoms. The van der Waals surface area contributed by atoms with Gasteiger partial charge < -0.3 is 4.90 Å². The van der Waals surface area contributed by atoms with Crippen LogP contribution in [-0.4, -0.2) is 17.9 Å². The van der Waals surface area contributed by atoms with E-state index >= 15 is 0 Å².